The molecule has 2 rings (SSSR count). The van der Waals surface area contributed by atoms with Crippen molar-refractivity contribution in [3.8, 4) is 0 Å². The van der Waals surface area contributed by atoms with Crippen LogP contribution in [0.25, 0.3) is 0 Å². The highest BCUT2D eigenvalue weighted by atomic mass is 35.5. The molecule has 0 spiro atoms. The fourth-order valence-electron chi connectivity index (χ4n) is 2.42. The summed E-state index contributed by atoms with van der Waals surface area (Å²) in [6.45, 7) is 3.06. The maximum atomic E-state index is 12.5. The van der Waals surface area contributed by atoms with Gasteiger partial charge in [0, 0.05) is 25.8 Å². The lowest BCUT2D eigenvalue weighted by Crippen LogP contribution is -2.50. The number of hydrogen-bond donors (Lipinski definition) is 2. The van der Waals surface area contributed by atoms with Crippen molar-refractivity contribution in [3.05, 3.63) is 23.0 Å². The molecule has 1 aliphatic rings. The number of carboxylic acids is 1. The van der Waals surface area contributed by atoms with E-state index in [1.807, 2.05) is 6.92 Å². The Hall–Kier alpha value is -1.53. The lowest BCUT2D eigenvalue weighted by atomic mass is 10.0. The van der Waals surface area contributed by atoms with Crippen LogP contribution in [-0.4, -0.2) is 45.1 Å². The molecular weight excluding hydrogens is 282 g/mol. The summed E-state index contributed by atoms with van der Waals surface area (Å²) in [5, 5.41) is 9.59. The summed E-state index contributed by atoms with van der Waals surface area (Å²) in [6.07, 6.45) is 2.85. The maximum Gasteiger partial charge on any atom is 0.325 e. The highest BCUT2D eigenvalue weighted by Crippen LogP contribution is 2.23. The van der Waals surface area contributed by atoms with Crippen molar-refractivity contribution in [2.75, 3.05) is 13.1 Å². The fraction of sp³-hybridized carbons (Fsp3) is 0.538. The minimum atomic E-state index is -1.35. The maximum absolute atomic E-state index is 12.5. The third kappa shape index (κ3) is 2.66. The minimum Gasteiger partial charge on any atom is -0.480 e. The molecule has 1 amide bonds. The van der Waals surface area contributed by atoms with Crippen molar-refractivity contribution in [3.63, 3.8) is 0 Å². The van der Waals surface area contributed by atoms with E-state index in [4.69, 9.17) is 22.4 Å². The molecule has 3 N–H and O–H groups in total. The van der Waals surface area contributed by atoms with Crippen LogP contribution in [0.5, 0.6) is 0 Å². The zero-order valence-electron chi connectivity index (χ0n) is 11.3. The fourth-order valence-corrected chi connectivity index (χ4v) is 2.64. The summed E-state index contributed by atoms with van der Waals surface area (Å²) >= 11 is 5.95. The second kappa shape index (κ2) is 5.46. The highest BCUT2D eigenvalue weighted by Gasteiger charge is 2.43. The molecule has 0 aromatic carbocycles. The average molecular weight is 300 g/mol. The predicted octanol–water partition coefficient (Wildman–Crippen LogP) is 1.18. The van der Waals surface area contributed by atoms with E-state index in [1.165, 1.54) is 4.90 Å². The van der Waals surface area contributed by atoms with Crippen LogP contribution < -0.4 is 5.73 Å². The van der Waals surface area contributed by atoms with Crippen molar-refractivity contribution >= 4 is 23.5 Å². The van der Waals surface area contributed by atoms with Crippen LogP contribution in [0, 0.1) is 0 Å². The first-order valence-corrected chi connectivity index (χ1v) is 6.92. The summed E-state index contributed by atoms with van der Waals surface area (Å²) < 4.78 is 1.79. The molecule has 1 saturated heterocycles. The number of likely N-dealkylation sites (tertiary alicyclic amines) is 1. The number of aromatic nitrogens is 1. The van der Waals surface area contributed by atoms with Crippen molar-refractivity contribution in [2.45, 2.75) is 31.8 Å². The summed E-state index contributed by atoms with van der Waals surface area (Å²) in [5.74, 6) is -1.30. The van der Waals surface area contributed by atoms with Crippen LogP contribution in [-0.2, 0) is 11.3 Å². The van der Waals surface area contributed by atoms with Gasteiger partial charge in [0.05, 0.1) is 5.02 Å². The third-order valence-electron chi connectivity index (χ3n) is 3.56. The largest absolute Gasteiger partial charge is 0.480 e. The molecule has 0 bridgehead atoms. The number of amides is 1. The van der Waals surface area contributed by atoms with Crippen LogP contribution in [0.3, 0.4) is 0 Å². The van der Waals surface area contributed by atoms with Gasteiger partial charge in [0.15, 0.2) is 0 Å². The minimum absolute atomic E-state index is 0.0239. The van der Waals surface area contributed by atoms with E-state index in [-0.39, 0.29) is 18.9 Å². The molecule has 110 valence electrons. The molecule has 1 unspecified atom stereocenters. The van der Waals surface area contributed by atoms with E-state index in [2.05, 4.69) is 0 Å². The number of aryl methyl sites for hydroxylation is 1. The number of rotatable bonds is 4. The molecular formula is C13H18ClN3O3. The Balaban J connectivity index is 2.19. The Morgan fingerprint density at radius 3 is 2.80 bits per heavy atom. The normalized spacial score (nSPS) is 22.2. The number of aliphatic carboxylic acids is 1. The van der Waals surface area contributed by atoms with Crippen LogP contribution in [0.15, 0.2) is 12.3 Å². The van der Waals surface area contributed by atoms with Gasteiger partial charge in [0.2, 0.25) is 0 Å². The summed E-state index contributed by atoms with van der Waals surface area (Å²) in [7, 11) is 0. The summed E-state index contributed by atoms with van der Waals surface area (Å²) in [5.41, 5.74) is 4.92. The number of nitrogens with zero attached hydrogens (tertiary/aromatic N) is 2. The Labute approximate surface area is 122 Å². The molecule has 7 heteroatoms. The zero-order valence-corrected chi connectivity index (χ0v) is 12.1. The van der Waals surface area contributed by atoms with Gasteiger partial charge in [-0.2, -0.15) is 0 Å². The van der Waals surface area contributed by atoms with Gasteiger partial charge >= 0.3 is 5.97 Å². The standard InChI is InChI=1S/C13H18ClN3O3/c1-2-4-16-7-9(14)6-10(16)11(18)17-5-3-13(15,8-17)12(19)20/h6-7H,2-5,8,15H2,1H3,(H,19,20). The number of carbonyl (C=O) groups is 2. The monoisotopic (exact) mass is 299 g/mol. The van der Waals surface area contributed by atoms with Gasteiger partial charge in [-0.1, -0.05) is 18.5 Å². The van der Waals surface area contributed by atoms with Crippen LogP contribution in [0.4, 0.5) is 0 Å². The Kier molecular flexibility index (Phi) is 4.06. The van der Waals surface area contributed by atoms with Crippen molar-refractivity contribution in [1.82, 2.24) is 9.47 Å². The second-order valence-corrected chi connectivity index (χ2v) is 5.61. The number of carbonyl (C=O) groups excluding carboxylic acids is 1. The van der Waals surface area contributed by atoms with Gasteiger partial charge in [-0.15, -0.1) is 0 Å². The lowest BCUT2D eigenvalue weighted by Gasteiger charge is -2.20. The smallest absolute Gasteiger partial charge is 0.325 e. The van der Waals surface area contributed by atoms with Crippen molar-refractivity contribution < 1.29 is 14.7 Å². The van der Waals surface area contributed by atoms with E-state index < -0.39 is 11.5 Å². The van der Waals surface area contributed by atoms with E-state index in [1.54, 1.807) is 16.8 Å². The lowest BCUT2D eigenvalue weighted by molar-refractivity contribution is -0.142. The molecule has 20 heavy (non-hydrogen) atoms. The van der Waals surface area contributed by atoms with Gasteiger partial charge < -0.3 is 20.3 Å². The molecule has 1 aromatic rings. The van der Waals surface area contributed by atoms with Gasteiger partial charge in [-0.25, -0.2) is 0 Å². The second-order valence-electron chi connectivity index (χ2n) is 5.17. The number of hydrogen-bond acceptors (Lipinski definition) is 3. The van der Waals surface area contributed by atoms with Gasteiger partial charge in [0.25, 0.3) is 5.91 Å². The van der Waals surface area contributed by atoms with Crippen LogP contribution in [0.1, 0.15) is 30.3 Å². The topological polar surface area (TPSA) is 88.6 Å². The van der Waals surface area contributed by atoms with E-state index in [0.717, 1.165) is 6.42 Å². The number of halogens is 1. The van der Waals surface area contributed by atoms with Gasteiger partial charge in [-0.3, -0.25) is 9.59 Å². The van der Waals surface area contributed by atoms with Crippen molar-refractivity contribution in [2.24, 2.45) is 5.73 Å². The SMILES string of the molecule is CCCn1cc(Cl)cc1C(=O)N1CCC(N)(C(=O)O)C1. The summed E-state index contributed by atoms with van der Waals surface area (Å²) in [6, 6.07) is 1.61. The molecule has 1 atom stereocenters. The molecule has 1 aliphatic heterocycles. The molecule has 0 saturated carbocycles. The molecule has 1 fully saturated rings. The quantitative estimate of drug-likeness (QED) is 0.874. The molecule has 0 radical (unpaired) electrons. The molecule has 2 heterocycles. The van der Waals surface area contributed by atoms with Gasteiger partial charge in [-0.05, 0) is 18.9 Å². The molecule has 0 aliphatic carbocycles. The number of nitrogens with two attached hydrogens (primary N) is 1. The van der Waals surface area contributed by atoms with E-state index >= 15 is 0 Å². The zero-order chi connectivity index (χ0) is 14.9. The Morgan fingerprint density at radius 2 is 2.25 bits per heavy atom. The van der Waals surface area contributed by atoms with Gasteiger partial charge in [0.1, 0.15) is 11.2 Å². The first kappa shape index (κ1) is 14.9. The predicted molar refractivity (Wildman–Crippen MR) is 74.8 cm³/mol. The first-order chi connectivity index (χ1) is 9.37. The van der Waals surface area contributed by atoms with Crippen LogP contribution >= 0.6 is 11.6 Å². The number of carboxylic acid groups (broad SMARTS) is 1. The molecule has 6 nitrogen and oxygen atoms in total. The molecule has 1 aromatic heterocycles. The average Bonchev–Trinajstić information content (AvgIpc) is 2.94. The van der Waals surface area contributed by atoms with E-state index in [0.29, 0.717) is 23.8 Å². The van der Waals surface area contributed by atoms with E-state index in [9.17, 15) is 9.59 Å². The first-order valence-electron chi connectivity index (χ1n) is 6.54. The highest BCUT2D eigenvalue weighted by molar-refractivity contribution is 6.31. The Morgan fingerprint density at radius 1 is 1.55 bits per heavy atom. The van der Waals surface area contributed by atoms with Crippen molar-refractivity contribution in [1.29, 1.82) is 0 Å². The Bertz CT molecular complexity index is 543. The summed E-state index contributed by atoms with van der Waals surface area (Å²) in [4.78, 5) is 25.1. The third-order valence-corrected chi connectivity index (χ3v) is 3.77. The van der Waals surface area contributed by atoms with Crippen LogP contribution in [0.2, 0.25) is 5.02 Å².